The molecule has 0 aliphatic heterocycles. The summed E-state index contributed by atoms with van der Waals surface area (Å²) in [6, 6.07) is 4.58. The number of hydrogen-bond donors (Lipinski definition) is 1. The Morgan fingerprint density at radius 2 is 1.78 bits per heavy atom. The van der Waals surface area contributed by atoms with Gasteiger partial charge in [-0.05, 0) is 36.5 Å². The fourth-order valence-electron chi connectivity index (χ4n) is 2.06. The highest BCUT2D eigenvalue weighted by Gasteiger charge is 2.37. The van der Waals surface area contributed by atoms with Crippen LogP contribution in [-0.2, 0) is 10.9 Å². The third kappa shape index (κ3) is 2.84. The Hall–Kier alpha value is -1.07. The number of alkyl halides is 3. The SMILES string of the molecule is COC(C1CC1)C(O)c1ccc(C(F)(F)F)cc1. The summed E-state index contributed by atoms with van der Waals surface area (Å²) in [5, 5.41) is 10.1. The molecule has 1 saturated carbocycles. The standard InChI is InChI=1S/C13H15F3O2/c1-18-12(9-2-3-9)11(17)8-4-6-10(7-5-8)13(14,15)16/h4-7,9,11-12,17H,2-3H2,1H3. The molecule has 1 fully saturated rings. The van der Waals surface area contributed by atoms with E-state index >= 15 is 0 Å². The van der Waals surface area contributed by atoms with Crippen molar-refractivity contribution in [3.8, 4) is 0 Å². The predicted octanol–water partition coefficient (Wildman–Crippen LogP) is 3.16. The van der Waals surface area contributed by atoms with Gasteiger partial charge in [0.25, 0.3) is 0 Å². The van der Waals surface area contributed by atoms with Crippen LogP contribution in [0, 0.1) is 5.92 Å². The van der Waals surface area contributed by atoms with E-state index in [2.05, 4.69) is 0 Å². The van der Waals surface area contributed by atoms with Crippen molar-refractivity contribution in [1.29, 1.82) is 0 Å². The van der Waals surface area contributed by atoms with Crippen molar-refractivity contribution in [2.24, 2.45) is 5.92 Å². The van der Waals surface area contributed by atoms with E-state index < -0.39 is 17.8 Å². The van der Waals surface area contributed by atoms with Crippen LogP contribution in [0.5, 0.6) is 0 Å². The van der Waals surface area contributed by atoms with Gasteiger partial charge in [-0.2, -0.15) is 13.2 Å². The molecule has 0 heterocycles. The van der Waals surface area contributed by atoms with Gasteiger partial charge in [0.1, 0.15) is 6.10 Å². The molecule has 0 spiro atoms. The zero-order chi connectivity index (χ0) is 13.3. The van der Waals surface area contributed by atoms with Crippen molar-refractivity contribution in [2.75, 3.05) is 7.11 Å². The van der Waals surface area contributed by atoms with Crippen LogP contribution in [-0.4, -0.2) is 18.3 Å². The van der Waals surface area contributed by atoms with Crippen molar-refractivity contribution < 1.29 is 23.0 Å². The van der Waals surface area contributed by atoms with Gasteiger partial charge < -0.3 is 9.84 Å². The summed E-state index contributed by atoms with van der Waals surface area (Å²) in [4.78, 5) is 0. The second kappa shape index (κ2) is 4.90. The van der Waals surface area contributed by atoms with E-state index in [4.69, 9.17) is 4.74 Å². The quantitative estimate of drug-likeness (QED) is 0.901. The molecule has 1 aliphatic rings. The number of hydrogen-bond acceptors (Lipinski definition) is 2. The highest BCUT2D eigenvalue weighted by atomic mass is 19.4. The minimum absolute atomic E-state index is 0.312. The van der Waals surface area contributed by atoms with E-state index in [1.807, 2.05) is 0 Å². The van der Waals surface area contributed by atoms with Crippen LogP contribution < -0.4 is 0 Å². The van der Waals surface area contributed by atoms with E-state index in [-0.39, 0.29) is 6.10 Å². The third-order valence-corrected chi connectivity index (χ3v) is 3.25. The largest absolute Gasteiger partial charge is 0.416 e. The summed E-state index contributed by atoms with van der Waals surface area (Å²) < 4.78 is 42.4. The molecule has 0 radical (unpaired) electrons. The molecule has 1 aromatic rings. The molecule has 0 bridgehead atoms. The van der Waals surface area contributed by atoms with Crippen molar-refractivity contribution >= 4 is 0 Å². The van der Waals surface area contributed by atoms with Crippen LogP contribution in [0.15, 0.2) is 24.3 Å². The smallest absolute Gasteiger partial charge is 0.386 e. The molecule has 1 aliphatic carbocycles. The van der Waals surface area contributed by atoms with Gasteiger partial charge in [-0.15, -0.1) is 0 Å². The Kier molecular flexibility index (Phi) is 3.64. The first-order valence-electron chi connectivity index (χ1n) is 5.81. The van der Waals surface area contributed by atoms with Gasteiger partial charge in [-0.3, -0.25) is 0 Å². The van der Waals surface area contributed by atoms with Crippen LogP contribution in [0.3, 0.4) is 0 Å². The van der Waals surface area contributed by atoms with Gasteiger partial charge in [0.2, 0.25) is 0 Å². The first-order chi connectivity index (χ1) is 8.43. The maximum absolute atomic E-state index is 12.4. The van der Waals surface area contributed by atoms with Crippen molar-refractivity contribution in [3.05, 3.63) is 35.4 Å². The first-order valence-corrected chi connectivity index (χ1v) is 5.81. The number of halogens is 3. The Bertz CT molecular complexity index is 396. The topological polar surface area (TPSA) is 29.5 Å². The molecule has 2 nitrogen and oxygen atoms in total. The molecular weight excluding hydrogens is 245 g/mol. The monoisotopic (exact) mass is 260 g/mol. The first kappa shape index (κ1) is 13.4. The van der Waals surface area contributed by atoms with Gasteiger partial charge in [-0.25, -0.2) is 0 Å². The molecule has 2 rings (SSSR count). The van der Waals surface area contributed by atoms with Gasteiger partial charge in [0, 0.05) is 7.11 Å². The fourth-order valence-corrected chi connectivity index (χ4v) is 2.06. The van der Waals surface area contributed by atoms with Crippen LogP contribution >= 0.6 is 0 Å². The Labute approximate surface area is 103 Å². The average Bonchev–Trinajstić information content (AvgIpc) is 3.13. The Morgan fingerprint density at radius 3 is 2.17 bits per heavy atom. The van der Waals surface area contributed by atoms with Gasteiger partial charge in [0.15, 0.2) is 0 Å². The number of rotatable bonds is 4. The molecule has 2 unspecified atom stereocenters. The molecule has 2 atom stereocenters. The van der Waals surface area contributed by atoms with Crippen LogP contribution in [0.2, 0.25) is 0 Å². The van der Waals surface area contributed by atoms with Crippen LogP contribution in [0.1, 0.15) is 30.1 Å². The minimum Gasteiger partial charge on any atom is -0.386 e. The summed E-state index contributed by atoms with van der Waals surface area (Å²) in [5.74, 6) is 0.312. The summed E-state index contributed by atoms with van der Waals surface area (Å²) in [5.41, 5.74) is -0.249. The molecule has 18 heavy (non-hydrogen) atoms. The second-order valence-electron chi connectivity index (χ2n) is 4.60. The number of aliphatic hydroxyl groups excluding tert-OH is 1. The molecule has 0 saturated heterocycles. The Morgan fingerprint density at radius 1 is 1.22 bits per heavy atom. The lowest BCUT2D eigenvalue weighted by molar-refractivity contribution is -0.137. The highest BCUT2D eigenvalue weighted by Crippen LogP contribution is 2.40. The van der Waals surface area contributed by atoms with E-state index in [1.54, 1.807) is 0 Å². The Balaban J connectivity index is 2.13. The van der Waals surface area contributed by atoms with Crippen molar-refractivity contribution in [2.45, 2.75) is 31.2 Å². The fraction of sp³-hybridized carbons (Fsp3) is 0.538. The number of benzene rings is 1. The molecule has 1 N–H and O–H groups in total. The normalized spacial score (nSPS) is 19.6. The predicted molar refractivity (Wildman–Crippen MR) is 59.9 cm³/mol. The van der Waals surface area contributed by atoms with E-state index in [1.165, 1.54) is 19.2 Å². The van der Waals surface area contributed by atoms with E-state index in [0.29, 0.717) is 11.5 Å². The lowest BCUT2D eigenvalue weighted by atomic mass is 10.00. The maximum Gasteiger partial charge on any atom is 0.416 e. The molecular formula is C13H15F3O2. The van der Waals surface area contributed by atoms with E-state index in [9.17, 15) is 18.3 Å². The summed E-state index contributed by atoms with van der Waals surface area (Å²) in [6.45, 7) is 0. The summed E-state index contributed by atoms with van der Waals surface area (Å²) >= 11 is 0. The maximum atomic E-state index is 12.4. The molecule has 1 aromatic carbocycles. The number of methoxy groups -OCH3 is 1. The highest BCUT2D eigenvalue weighted by molar-refractivity contribution is 5.26. The zero-order valence-electron chi connectivity index (χ0n) is 9.95. The van der Waals surface area contributed by atoms with Crippen molar-refractivity contribution in [3.63, 3.8) is 0 Å². The molecule has 0 amide bonds. The number of ether oxygens (including phenoxy) is 1. The van der Waals surface area contributed by atoms with E-state index in [0.717, 1.165) is 25.0 Å². The summed E-state index contributed by atoms with van der Waals surface area (Å²) in [7, 11) is 1.51. The summed E-state index contributed by atoms with van der Waals surface area (Å²) in [6.07, 6.45) is -3.56. The lowest BCUT2D eigenvalue weighted by Gasteiger charge is -2.22. The average molecular weight is 260 g/mol. The van der Waals surface area contributed by atoms with Gasteiger partial charge >= 0.3 is 6.18 Å². The second-order valence-corrected chi connectivity index (χ2v) is 4.60. The minimum atomic E-state index is -4.35. The van der Waals surface area contributed by atoms with Gasteiger partial charge in [0.05, 0.1) is 11.7 Å². The van der Waals surface area contributed by atoms with Gasteiger partial charge in [-0.1, -0.05) is 12.1 Å². The van der Waals surface area contributed by atoms with Crippen molar-refractivity contribution in [1.82, 2.24) is 0 Å². The molecule has 100 valence electrons. The zero-order valence-corrected chi connectivity index (χ0v) is 9.95. The molecule has 5 heteroatoms. The number of aliphatic hydroxyl groups is 1. The van der Waals surface area contributed by atoms with Crippen LogP contribution in [0.4, 0.5) is 13.2 Å². The molecule has 0 aromatic heterocycles. The van der Waals surface area contributed by atoms with Crippen LogP contribution in [0.25, 0.3) is 0 Å². The lowest BCUT2D eigenvalue weighted by Crippen LogP contribution is -2.23. The third-order valence-electron chi connectivity index (χ3n) is 3.25.